The average molecular weight is 231 g/mol. The van der Waals surface area contributed by atoms with Crippen LogP contribution < -0.4 is 0 Å². The van der Waals surface area contributed by atoms with Crippen LogP contribution >= 0.6 is 0 Å². The molecule has 92 valence electrons. The number of aromatic nitrogens is 1. The predicted octanol–water partition coefficient (Wildman–Crippen LogP) is 4.28. The second-order valence-corrected chi connectivity index (χ2v) is 4.46. The van der Waals surface area contributed by atoms with Gasteiger partial charge in [-0.05, 0) is 25.5 Å². The van der Waals surface area contributed by atoms with Crippen LogP contribution in [-0.4, -0.2) is 4.57 Å². The normalized spacial score (nSPS) is 13.7. The van der Waals surface area contributed by atoms with Crippen LogP contribution in [0.1, 0.15) is 44.9 Å². The van der Waals surface area contributed by atoms with Gasteiger partial charge in [0.2, 0.25) is 0 Å². The average Bonchev–Trinajstić information content (AvgIpc) is 2.74. The largest absolute Gasteiger partial charge is 0.372 e. The monoisotopic (exact) mass is 231 g/mol. The molecule has 3 rings (SSSR count). The highest BCUT2D eigenvalue weighted by Gasteiger charge is 2.17. The molecule has 1 aliphatic rings. The van der Waals surface area contributed by atoms with Crippen LogP contribution in [0.25, 0.3) is 10.9 Å². The summed E-state index contributed by atoms with van der Waals surface area (Å²) < 4.78 is 7.90. The maximum absolute atomic E-state index is 5.57. The van der Waals surface area contributed by atoms with Crippen LogP contribution in [0.4, 0.5) is 0 Å². The van der Waals surface area contributed by atoms with Gasteiger partial charge in [-0.1, -0.05) is 26.0 Å². The Morgan fingerprint density at radius 3 is 2.53 bits per heavy atom. The van der Waals surface area contributed by atoms with Crippen molar-refractivity contribution >= 4 is 10.9 Å². The third kappa shape index (κ3) is 1.98. The first-order valence-corrected chi connectivity index (χ1v) is 6.46. The number of rotatable bonds is 1. The summed E-state index contributed by atoms with van der Waals surface area (Å²) in [6, 6.07) is 6.99. The van der Waals surface area contributed by atoms with Crippen LogP contribution in [-0.2, 0) is 18.0 Å². The van der Waals surface area contributed by atoms with E-state index in [9.17, 15) is 0 Å². The molecule has 2 heterocycles. The van der Waals surface area contributed by atoms with Crippen molar-refractivity contribution in [2.45, 2.75) is 47.0 Å². The highest BCUT2D eigenvalue weighted by Crippen LogP contribution is 2.31. The molecule has 0 amide bonds. The minimum absolute atomic E-state index is 0.509. The maximum Gasteiger partial charge on any atom is 0.0742 e. The van der Waals surface area contributed by atoms with Gasteiger partial charge in [0.15, 0.2) is 0 Å². The summed E-state index contributed by atoms with van der Waals surface area (Å²) in [6.07, 6.45) is 2.23. The Hall–Kier alpha value is -1.28. The Bertz CT molecular complexity index is 511. The lowest BCUT2D eigenvalue weighted by molar-refractivity contribution is 0.103. The van der Waals surface area contributed by atoms with Gasteiger partial charge in [0.1, 0.15) is 0 Å². The van der Waals surface area contributed by atoms with E-state index in [2.05, 4.69) is 42.8 Å². The highest BCUT2D eigenvalue weighted by atomic mass is 16.5. The molecule has 0 atom stereocenters. The summed E-state index contributed by atoms with van der Waals surface area (Å²) in [4.78, 5) is 0. The summed E-state index contributed by atoms with van der Waals surface area (Å²) in [5, 5.41) is 1.41. The molecule has 0 fully saturated rings. The highest BCUT2D eigenvalue weighted by molar-refractivity contribution is 5.87. The Kier molecular flexibility index (Phi) is 3.53. The van der Waals surface area contributed by atoms with Crippen molar-refractivity contribution in [3.05, 3.63) is 35.5 Å². The smallest absolute Gasteiger partial charge is 0.0742 e. The summed E-state index contributed by atoms with van der Waals surface area (Å²) in [6.45, 7) is 9.95. The molecule has 0 bridgehead atoms. The minimum Gasteiger partial charge on any atom is -0.372 e. The van der Waals surface area contributed by atoms with Gasteiger partial charge in [0, 0.05) is 28.7 Å². The van der Waals surface area contributed by atoms with E-state index < -0.39 is 0 Å². The summed E-state index contributed by atoms with van der Waals surface area (Å²) in [7, 11) is 0. The lowest BCUT2D eigenvalue weighted by Gasteiger charge is -2.12. The Labute approximate surface area is 103 Å². The van der Waals surface area contributed by atoms with Crippen LogP contribution in [0.3, 0.4) is 0 Å². The summed E-state index contributed by atoms with van der Waals surface area (Å²) in [5.74, 6) is 0. The van der Waals surface area contributed by atoms with Gasteiger partial charge >= 0.3 is 0 Å². The Morgan fingerprint density at radius 2 is 1.82 bits per heavy atom. The third-order valence-electron chi connectivity index (χ3n) is 3.09. The molecule has 2 aromatic rings. The first-order chi connectivity index (χ1) is 8.27. The second kappa shape index (κ2) is 4.92. The maximum atomic E-state index is 5.57. The Morgan fingerprint density at radius 1 is 1.12 bits per heavy atom. The molecule has 1 aromatic heterocycles. The van der Waals surface area contributed by atoms with Gasteiger partial charge in [-0.25, -0.2) is 0 Å². The molecule has 2 heteroatoms. The molecule has 0 aliphatic carbocycles. The molecule has 0 unspecified atom stereocenters. The zero-order valence-electron chi connectivity index (χ0n) is 11.2. The van der Waals surface area contributed by atoms with Crippen molar-refractivity contribution in [2.75, 3.05) is 0 Å². The van der Waals surface area contributed by atoms with E-state index in [0.717, 1.165) is 13.2 Å². The van der Waals surface area contributed by atoms with Gasteiger partial charge in [-0.2, -0.15) is 0 Å². The topological polar surface area (TPSA) is 14.2 Å². The van der Waals surface area contributed by atoms with Gasteiger partial charge in [-0.3, -0.25) is 0 Å². The first-order valence-electron chi connectivity index (χ1n) is 6.46. The predicted molar refractivity (Wildman–Crippen MR) is 72.2 cm³/mol. The van der Waals surface area contributed by atoms with Crippen molar-refractivity contribution in [1.29, 1.82) is 0 Å². The zero-order chi connectivity index (χ0) is 12.4. The molecule has 0 saturated carbocycles. The first kappa shape index (κ1) is 12.2. The molecule has 17 heavy (non-hydrogen) atoms. The summed E-state index contributed by atoms with van der Waals surface area (Å²) in [5.41, 5.74) is 4.01. The fraction of sp³-hybridized carbons (Fsp3) is 0.467. The Balaban J connectivity index is 0.000000514. The van der Waals surface area contributed by atoms with Gasteiger partial charge in [0.25, 0.3) is 0 Å². The van der Waals surface area contributed by atoms with Crippen LogP contribution in [0, 0.1) is 0 Å². The number of ether oxygens (including phenoxy) is 1. The number of hydrogen-bond donors (Lipinski definition) is 0. The van der Waals surface area contributed by atoms with Crippen LogP contribution in [0.5, 0.6) is 0 Å². The van der Waals surface area contributed by atoms with E-state index in [0.29, 0.717) is 6.04 Å². The van der Waals surface area contributed by atoms with Crippen molar-refractivity contribution < 1.29 is 4.74 Å². The van der Waals surface area contributed by atoms with Gasteiger partial charge in [-0.15, -0.1) is 0 Å². The second-order valence-electron chi connectivity index (χ2n) is 4.46. The van der Waals surface area contributed by atoms with Gasteiger partial charge in [0.05, 0.1) is 13.2 Å². The number of hydrogen-bond acceptors (Lipinski definition) is 1. The van der Waals surface area contributed by atoms with Crippen molar-refractivity contribution in [1.82, 2.24) is 4.57 Å². The van der Waals surface area contributed by atoms with Crippen molar-refractivity contribution in [3.8, 4) is 0 Å². The molecule has 2 nitrogen and oxygen atoms in total. The van der Waals surface area contributed by atoms with Crippen LogP contribution in [0.15, 0.2) is 24.4 Å². The molecule has 0 N–H and O–H groups in total. The van der Waals surface area contributed by atoms with E-state index in [1.807, 2.05) is 13.8 Å². The van der Waals surface area contributed by atoms with E-state index in [1.165, 1.54) is 22.0 Å². The third-order valence-corrected chi connectivity index (χ3v) is 3.09. The van der Waals surface area contributed by atoms with E-state index in [-0.39, 0.29) is 0 Å². The van der Waals surface area contributed by atoms with E-state index in [1.54, 1.807) is 0 Å². The van der Waals surface area contributed by atoms with Crippen molar-refractivity contribution in [3.63, 3.8) is 0 Å². The fourth-order valence-corrected chi connectivity index (χ4v) is 2.40. The molecular weight excluding hydrogens is 210 g/mol. The van der Waals surface area contributed by atoms with Crippen molar-refractivity contribution in [2.24, 2.45) is 0 Å². The molecular formula is C15H21NO. The zero-order valence-corrected chi connectivity index (χ0v) is 11.2. The number of benzene rings is 1. The molecule has 0 saturated heterocycles. The standard InChI is InChI=1S/C13H15NO.C2H6/c1-9(2)14-6-11-8-15-7-10-4-3-5-12(14)13(10)11;1-2/h3-6,9H,7-8H2,1-2H3;1-2H3. The van der Waals surface area contributed by atoms with E-state index >= 15 is 0 Å². The lowest BCUT2D eigenvalue weighted by Crippen LogP contribution is -2.00. The molecule has 0 radical (unpaired) electrons. The fourth-order valence-electron chi connectivity index (χ4n) is 2.40. The quantitative estimate of drug-likeness (QED) is 0.714. The molecule has 0 spiro atoms. The molecule has 1 aliphatic heterocycles. The SMILES string of the molecule is CC.CC(C)n1cc2c3c(cccc31)COC2. The minimum atomic E-state index is 0.509. The van der Waals surface area contributed by atoms with Crippen LogP contribution in [0.2, 0.25) is 0 Å². The number of nitrogens with zero attached hydrogens (tertiary/aromatic N) is 1. The van der Waals surface area contributed by atoms with E-state index in [4.69, 9.17) is 4.74 Å². The lowest BCUT2D eigenvalue weighted by atomic mass is 10.1. The molecule has 1 aromatic carbocycles. The summed E-state index contributed by atoms with van der Waals surface area (Å²) >= 11 is 0. The van der Waals surface area contributed by atoms with Gasteiger partial charge < -0.3 is 9.30 Å².